The Morgan fingerprint density at radius 2 is 1.90 bits per heavy atom. The van der Waals surface area contributed by atoms with E-state index in [2.05, 4.69) is 10.3 Å². The van der Waals surface area contributed by atoms with E-state index in [-0.39, 0.29) is 29.3 Å². The molecule has 0 bridgehead atoms. The monoisotopic (exact) mass is 418 g/mol. The van der Waals surface area contributed by atoms with E-state index < -0.39 is 15.9 Å². The number of Topliss-reactive ketones (excluding diaryl/α,β-unsaturated/α-hetero) is 1. The minimum absolute atomic E-state index is 0.00656. The van der Waals surface area contributed by atoms with Crippen molar-refractivity contribution in [2.24, 2.45) is 5.92 Å². The predicted molar refractivity (Wildman–Crippen MR) is 109 cm³/mol. The van der Waals surface area contributed by atoms with Crippen LogP contribution in [-0.4, -0.2) is 47.1 Å². The lowest BCUT2D eigenvalue weighted by atomic mass is 9.98. The highest BCUT2D eigenvalue weighted by atomic mass is 32.2. The number of nitrogens with one attached hydrogen (secondary N) is 1. The Balaban J connectivity index is 1.69. The van der Waals surface area contributed by atoms with Gasteiger partial charge in [-0.3, -0.25) is 9.59 Å². The zero-order valence-corrected chi connectivity index (χ0v) is 17.6. The van der Waals surface area contributed by atoms with Crippen LogP contribution in [0.5, 0.6) is 0 Å². The van der Waals surface area contributed by atoms with Crippen molar-refractivity contribution >= 4 is 27.4 Å². The van der Waals surface area contributed by atoms with E-state index in [1.807, 2.05) is 13.8 Å². The van der Waals surface area contributed by atoms with Crippen LogP contribution >= 0.6 is 0 Å². The maximum atomic E-state index is 12.9. The highest BCUT2D eigenvalue weighted by molar-refractivity contribution is 7.89. The Morgan fingerprint density at radius 1 is 1.21 bits per heavy atom. The van der Waals surface area contributed by atoms with E-state index in [1.54, 1.807) is 28.8 Å². The zero-order chi connectivity index (χ0) is 21.2. The van der Waals surface area contributed by atoms with Crippen LogP contribution in [0.15, 0.2) is 41.8 Å². The molecule has 2 aromatic rings. The summed E-state index contributed by atoms with van der Waals surface area (Å²) < 4.78 is 29.0. The first kappa shape index (κ1) is 21.2. The van der Waals surface area contributed by atoms with E-state index in [0.29, 0.717) is 30.6 Å². The van der Waals surface area contributed by atoms with Gasteiger partial charge in [-0.05, 0) is 57.9 Å². The Morgan fingerprint density at radius 3 is 2.48 bits per heavy atom. The molecule has 1 fully saturated rings. The number of piperidine rings is 1. The van der Waals surface area contributed by atoms with Crippen LogP contribution < -0.4 is 5.32 Å². The zero-order valence-electron chi connectivity index (χ0n) is 16.8. The molecule has 29 heavy (non-hydrogen) atoms. The molecule has 0 aliphatic carbocycles. The second-order valence-corrected chi connectivity index (χ2v) is 9.46. The molecule has 1 aliphatic heterocycles. The Bertz CT molecular complexity index is 996. The first-order valence-corrected chi connectivity index (χ1v) is 11.1. The van der Waals surface area contributed by atoms with E-state index in [1.165, 1.54) is 23.8 Å². The molecule has 1 amide bonds. The third-order valence-electron chi connectivity index (χ3n) is 5.09. The molecule has 8 nitrogen and oxygen atoms in total. The number of anilines is 1. The van der Waals surface area contributed by atoms with Gasteiger partial charge in [0.15, 0.2) is 10.8 Å². The standard InChI is InChI=1S/C20H26N4O4S/c1-14(2)23-12-19(21-13-23)29(27,28)24-10-4-5-17(11-24)20(26)22-18-8-6-16(7-9-18)15(3)25/h6-9,12-14,17H,4-5,10-11H2,1-3H3,(H,22,26)/t17-/m0/s1. The topological polar surface area (TPSA) is 101 Å². The Labute approximate surface area is 171 Å². The maximum absolute atomic E-state index is 12.9. The second-order valence-electron chi connectivity index (χ2n) is 7.58. The number of rotatable bonds is 6. The summed E-state index contributed by atoms with van der Waals surface area (Å²) in [6.07, 6.45) is 4.26. The van der Waals surface area contributed by atoms with Gasteiger partial charge in [0.2, 0.25) is 5.91 Å². The number of benzene rings is 1. The Hall–Kier alpha value is -2.52. The minimum Gasteiger partial charge on any atom is -0.334 e. The van der Waals surface area contributed by atoms with Gasteiger partial charge in [-0.1, -0.05) is 0 Å². The van der Waals surface area contributed by atoms with Gasteiger partial charge < -0.3 is 9.88 Å². The number of nitrogens with zero attached hydrogens (tertiary/aromatic N) is 3. The molecule has 1 aromatic heterocycles. The van der Waals surface area contributed by atoms with Crippen molar-refractivity contribution < 1.29 is 18.0 Å². The molecule has 0 saturated carbocycles. The molecule has 0 radical (unpaired) electrons. The lowest BCUT2D eigenvalue weighted by molar-refractivity contribution is -0.120. The average molecular weight is 419 g/mol. The van der Waals surface area contributed by atoms with Crippen LogP contribution in [0.4, 0.5) is 5.69 Å². The van der Waals surface area contributed by atoms with Crippen molar-refractivity contribution in [3.05, 3.63) is 42.4 Å². The highest BCUT2D eigenvalue weighted by Gasteiger charge is 2.34. The van der Waals surface area contributed by atoms with Crippen molar-refractivity contribution in [3.63, 3.8) is 0 Å². The number of aromatic nitrogens is 2. The van der Waals surface area contributed by atoms with Crippen LogP contribution in [-0.2, 0) is 14.8 Å². The number of imidazole rings is 1. The van der Waals surface area contributed by atoms with Crippen LogP contribution in [0.25, 0.3) is 0 Å². The van der Waals surface area contributed by atoms with Crippen LogP contribution in [0.2, 0.25) is 0 Å². The number of carbonyl (C=O) groups is 2. The normalized spacial score (nSPS) is 18.0. The Kier molecular flexibility index (Phi) is 6.18. The van der Waals surface area contributed by atoms with Crippen molar-refractivity contribution in [1.29, 1.82) is 0 Å². The van der Waals surface area contributed by atoms with Crippen LogP contribution in [0, 0.1) is 5.92 Å². The van der Waals surface area contributed by atoms with E-state index in [0.717, 1.165) is 0 Å². The van der Waals surface area contributed by atoms with E-state index >= 15 is 0 Å². The summed E-state index contributed by atoms with van der Waals surface area (Å²) in [5, 5.41) is 2.82. The summed E-state index contributed by atoms with van der Waals surface area (Å²) in [5.41, 5.74) is 1.15. The first-order valence-electron chi connectivity index (χ1n) is 9.64. The quantitative estimate of drug-likeness (QED) is 0.727. The van der Waals surface area contributed by atoms with Crippen LogP contribution in [0.3, 0.4) is 0 Å². The van der Waals surface area contributed by atoms with Gasteiger partial charge in [0, 0.05) is 36.6 Å². The van der Waals surface area contributed by atoms with Gasteiger partial charge in [-0.2, -0.15) is 4.31 Å². The second kappa shape index (κ2) is 8.46. The molecule has 1 aliphatic rings. The molecule has 1 atom stereocenters. The van der Waals surface area contributed by atoms with Crippen molar-refractivity contribution in [3.8, 4) is 0 Å². The van der Waals surface area contributed by atoms with E-state index in [9.17, 15) is 18.0 Å². The molecule has 1 aromatic carbocycles. The smallest absolute Gasteiger partial charge is 0.262 e. The van der Waals surface area contributed by atoms with Gasteiger partial charge in [0.25, 0.3) is 10.0 Å². The number of sulfonamides is 1. The number of hydrogen-bond acceptors (Lipinski definition) is 5. The van der Waals surface area contributed by atoms with Gasteiger partial charge in [0.05, 0.1) is 12.2 Å². The molecule has 1 N–H and O–H groups in total. The van der Waals surface area contributed by atoms with Gasteiger partial charge in [-0.25, -0.2) is 13.4 Å². The van der Waals surface area contributed by atoms with Crippen LogP contribution in [0.1, 0.15) is 50.0 Å². The van der Waals surface area contributed by atoms with Gasteiger partial charge >= 0.3 is 0 Å². The maximum Gasteiger partial charge on any atom is 0.262 e. The predicted octanol–water partition coefficient (Wildman–Crippen LogP) is 2.71. The van der Waals surface area contributed by atoms with Gasteiger partial charge in [0.1, 0.15) is 0 Å². The van der Waals surface area contributed by atoms with Crippen molar-refractivity contribution in [1.82, 2.24) is 13.9 Å². The summed E-state index contributed by atoms with van der Waals surface area (Å²) in [4.78, 5) is 28.1. The first-order chi connectivity index (χ1) is 13.7. The molecule has 2 heterocycles. The number of carbonyl (C=O) groups excluding carboxylic acids is 2. The van der Waals surface area contributed by atoms with E-state index in [4.69, 9.17) is 0 Å². The third-order valence-corrected chi connectivity index (χ3v) is 6.84. The SMILES string of the molecule is CC(=O)c1ccc(NC(=O)[C@H]2CCCN(S(=O)(=O)c3cn(C(C)C)cn3)C2)cc1. The largest absolute Gasteiger partial charge is 0.334 e. The molecular formula is C20H26N4O4S. The minimum atomic E-state index is -3.75. The fourth-order valence-corrected chi connectivity index (χ4v) is 4.72. The van der Waals surface area contributed by atoms with Crippen molar-refractivity contribution in [2.45, 2.75) is 44.7 Å². The summed E-state index contributed by atoms with van der Waals surface area (Å²) in [6, 6.07) is 6.76. The molecule has 9 heteroatoms. The molecule has 1 saturated heterocycles. The fourth-order valence-electron chi connectivity index (χ4n) is 3.27. The molecule has 3 rings (SSSR count). The van der Waals surface area contributed by atoms with Gasteiger partial charge in [-0.15, -0.1) is 0 Å². The summed E-state index contributed by atoms with van der Waals surface area (Å²) in [5.74, 6) is -0.720. The molecular weight excluding hydrogens is 392 g/mol. The number of hydrogen-bond donors (Lipinski definition) is 1. The average Bonchev–Trinajstić information content (AvgIpc) is 3.20. The number of amides is 1. The highest BCUT2D eigenvalue weighted by Crippen LogP contribution is 2.24. The molecule has 0 unspecified atom stereocenters. The summed E-state index contributed by atoms with van der Waals surface area (Å²) in [6.45, 7) is 5.86. The third kappa shape index (κ3) is 4.73. The lowest BCUT2D eigenvalue weighted by Gasteiger charge is -2.30. The summed E-state index contributed by atoms with van der Waals surface area (Å²) in [7, 11) is -3.75. The number of ketones is 1. The fraction of sp³-hybridized carbons (Fsp3) is 0.450. The molecule has 156 valence electrons. The molecule has 0 spiro atoms. The van der Waals surface area contributed by atoms with Crippen molar-refractivity contribution in [2.75, 3.05) is 18.4 Å². The summed E-state index contributed by atoms with van der Waals surface area (Å²) >= 11 is 0. The lowest BCUT2D eigenvalue weighted by Crippen LogP contribution is -2.43.